The number of nitrogens with zero attached hydrogens (tertiary/aromatic N) is 2. The summed E-state index contributed by atoms with van der Waals surface area (Å²) in [4.78, 5) is 5.57. The number of halogens is 2. The van der Waals surface area contributed by atoms with Gasteiger partial charge < -0.3 is 5.32 Å². The van der Waals surface area contributed by atoms with E-state index in [-0.39, 0.29) is 0 Å². The van der Waals surface area contributed by atoms with Gasteiger partial charge in [0.2, 0.25) is 5.96 Å². The number of aryl methyl sites for hydroxylation is 1. The van der Waals surface area contributed by atoms with Gasteiger partial charge in [-0.1, -0.05) is 41.7 Å². The molecule has 7 heteroatoms. The van der Waals surface area contributed by atoms with Crippen molar-refractivity contribution in [3.8, 4) is 0 Å². The summed E-state index contributed by atoms with van der Waals surface area (Å²) < 4.78 is 1.76. The average Bonchev–Trinajstić information content (AvgIpc) is 2.77. The molecule has 0 radical (unpaired) electrons. The van der Waals surface area contributed by atoms with E-state index >= 15 is 0 Å². The van der Waals surface area contributed by atoms with E-state index in [1.165, 1.54) is 11.5 Å². The maximum Gasteiger partial charge on any atom is 0.218 e. The Balaban J connectivity index is 2.35. The zero-order chi connectivity index (χ0) is 15.4. The largest absolute Gasteiger partial charge is 0.325 e. The average molecular weight is 343 g/mol. The van der Waals surface area contributed by atoms with Gasteiger partial charge in [-0.05, 0) is 37.6 Å². The van der Waals surface area contributed by atoms with Crippen molar-refractivity contribution in [2.24, 2.45) is 4.99 Å². The molecule has 112 valence electrons. The van der Waals surface area contributed by atoms with Crippen LogP contribution in [0.5, 0.6) is 0 Å². The molecule has 0 saturated heterocycles. The van der Waals surface area contributed by atoms with Crippen LogP contribution in [-0.4, -0.2) is 16.5 Å². The van der Waals surface area contributed by atoms with Crippen LogP contribution in [0.3, 0.4) is 0 Å². The highest BCUT2D eigenvalue weighted by Gasteiger charge is 2.08. The highest BCUT2D eigenvalue weighted by atomic mass is 35.5. The molecule has 0 fully saturated rings. The first-order valence-corrected chi connectivity index (χ1v) is 8.05. The third kappa shape index (κ3) is 4.09. The van der Waals surface area contributed by atoms with Gasteiger partial charge in [-0.25, -0.2) is 3.96 Å². The Morgan fingerprint density at radius 1 is 1.33 bits per heavy atom. The van der Waals surface area contributed by atoms with Gasteiger partial charge in [0.15, 0.2) is 0 Å². The van der Waals surface area contributed by atoms with E-state index in [1.807, 2.05) is 19.1 Å². The van der Waals surface area contributed by atoms with Gasteiger partial charge >= 0.3 is 0 Å². The minimum absolute atomic E-state index is 0.403. The Hall–Kier alpha value is -1.30. The van der Waals surface area contributed by atoms with Crippen molar-refractivity contribution in [3.63, 3.8) is 0 Å². The summed E-state index contributed by atoms with van der Waals surface area (Å²) in [6.07, 6.45) is 0.935. The molecule has 1 heterocycles. The van der Waals surface area contributed by atoms with E-state index < -0.39 is 0 Å². The van der Waals surface area contributed by atoms with Crippen molar-refractivity contribution in [2.75, 3.05) is 11.9 Å². The monoisotopic (exact) mass is 342 g/mol. The Kier molecular flexibility index (Phi) is 5.45. The fourth-order valence-corrected chi connectivity index (χ4v) is 2.79. The highest BCUT2D eigenvalue weighted by molar-refractivity contribution is 7.07. The van der Waals surface area contributed by atoms with E-state index in [9.17, 15) is 0 Å². The van der Waals surface area contributed by atoms with Gasteiger partial charge in [0.1, 0.15) is 5.49 Å². The lowest BCUT2D eigenvalue weighted by atomic mass is 10.3. The molecule has 2 rings (SSSR count). The van der Waals surface area contributed by atoms with Gasteiger partial charge in [0, 0.05) is 17.1 Å². The summed E-state index contributed by atoms with van der Waals surface area (Å²) in [5.41, 5.74) is 1.19. The summed E-state index contributed by atoms with van der Waals surface area (Å²) in [5, 5.41) is 12.2. The maximum absolute atomic E-state index is 8.01. The summed E-state index contributed by atoms with van der Waals surface area (Å²) in [5.74, 6) is 0.623. The summed E-state index contributed by atoms with van der Waals surface area (Å²) in [6, 6.07) is 7.12. The lowest BCUT2D eigenvalue weighted by Crippen LogP contribution is -2.28. The van der Waals surface area contributed by atoms with Crippen LogP contribution in [0.2, 0.25) is 10.0 Å². The summed E-state index contributed by atoms with van der Waals surface area (Å²) in [7, 11) is 0. The Bertz CT molecular complexity index is 718. The smallest absolute Gasteiger partial charge is 0.218 e. The number of benzene rings is 1. The number of aliphatic imine (C=N–C) groups is 1. The third-order valence-corrected chi connectivity index (χ3v) is 4.34. The molecular weight excluding hydrogens is 327 g/mol. The van der Waals surface area contributed by atoms with E-state index in [1.54, 1.807) is 16.1 Å². The van der Waals surface area contributed by atoms with Gasteiger partial charge in [0.05, 0.1) is 10.0 Å². The normalized spacial score (nSPS) is 11.7. The molecule has 0 bridgehead atoms. The van der Waals surface area contributed by atoms with Crippen LogP contribution in [0.1, 0.15) is 18.2 Å². The van der Waals surface area contributed by atoms with E-state index in [4.69, 9.17) is 28.6 Å². The third-order valence-electron chi connectivity index (χ3n) is 2.65. The Labute approximate surface area is 137 Å². The van der Waals surface area contributed by atoms with Gasteiger partial charge in [-0.2, -0.15) is 0 Å². The highest BCUT2D eigenvalue weighted by Crippen LogP contribution is 2.25. The van der Waals surface area contributed by atoms with E-state index in [0.29, 0.717) is 28.0 Å². The molecule has 0 saturated carbocycles. The van der Waals surface area contributed by atoms with Gasteiger partial charge in [0.25, 0.3) is 0 Å². The predicted octanol–water partition coefficient (Wildman–Crippen LogP) is 4.37. The molecule has 1 aromatic carbocycles. The number of nitrogens with one attached hydrogen (secondary N) is 2. The van der Waals surface area contributed by atoms with Crippen molar-refractivity contribution in [1.82, 2.24) is 3.96 Å². The first-order valence-electron chi connectivity index (χ1n) is 6.52. The molecular formula is C14H16Cl2N4S. The van der Waals surface area contributed by atoms with Crippen molar-refractivity contribution in [3.05, 3.63) is 44.7 Å². The number of hydrogen-bond donors (Lipinski definition) is 2. The van der Waals surface area contributed by atoms with Gasteiger partial charge in [-0.15, -0.1) is 0 Å². The molecule has 0 aliphatic rings. The zero-order valence-corrected chi connectivity index (χ0v) is 14.1. The molecule has 0 atom stereocenters. The van der Waals surface area contributed by atoms with E-state index in [0.717, 1.165) is 17.0 Å². The van der Waals surface area contributed by atoms with Crippen LogP contribution < -0.4 is 10.8 Å². The predicted molar refractivity (Wildman–Crippen MR) is 91.0 cm³/mol. The quantitative estimate of drug-likeness (QED) is 0.631. The number of hydrogen-bond acceptors (Lipinski definition) is 3. The molecule has 0 spiro atoms. The molecule has 0 aliphatic carbocycles. The number of anilines is 1. The topological polar surface area (TPSA) is 53.2 Å². The number of rotatable bonds is 3. The molecule has 0 aliphatic heterocycles. The van der Waals surface area contributed by atoms with Crippen molar-refractivity contribution >= 4 is 46.4 Å². The van der Waals surface area contributed by atoms with Crippen LogP contribution in [0.4, 0.5) is 5.69 Å². The fraction of sp³-hybridized carbons (Fsp3) is 0.286. The van der Waals surface area contributed by atoms with Crippen LogP contribution in [0.15, 0.2) is 29.3 Å². The first kappa shape index (κ1) is 16.1. The van der Waals surface area contributed by atoms with Crippen molar-refractivity contribution in [2.45, 2.75) is 20.3 Å². The first-order chi connectivity index (χ1) is 10.0. The molecule has 4 nitrogen and oxygen atoms in total. The summed E-state index contributed by atoms with van der Waals surface area (Å²) in [6.45, 7) is 4.72. The molecule has 0 amide bonds. The van der Waals surface area contributed by atoms with Crippen molar-refractivity contribution in [1.29, 1.82) is 5.41 Å². The second-order valence-electron chi connectivity index (χ2n) is 4.49. The molecule has 0 unspecified atom stereocenters. The van der Waals surface area contributed by atoms with Crippen molar-refractivity contribution < 1.29 is 0 Å². The molecule has 2 aromatic rings. The Morgan fingerprint density at radius 3 is 2.67 bits per heavy atom. The molecule has 2 N–H and O–H groups in total. The minimum Gasteiger partial charge on any atom is -0.325 e. The fourth-order valence-electron chi connectivity index (χ4n) is 1.70. The SMILES string of the molecule is CCCN=C(Nc1ccc(Cl)c(Cl)c1)n1sc(C)cc1=N. The van der Waals surface area contributed by atoms with Crippen LogP contribution in [-0.2, 0) is 0 Å². The lowest BCUT2D eigenvalue weighted by molar-refractivity contribution is 0.917. The van der Waals surface area contributed by atoms with Crippen LogP contribution >= 0.6 is 34.7 Å². The summed E-state index contributed by atoms with van der Waals surface area (Å²) >= 11 is 13.4. The van der Waals surface area contributed by atoms with E-state index in [2.05, 4.69) is 17.2 Å². The Morgan fingerprint density at radius 2 is 2.10 bits per heavy atom. The minimum atomic E-state index is 0.403. The standard InChI is InChI=1S/C14H16Cl2N4S/c1-3-6-18-14(20-13(17)7-9(2)21-20)19-10-4-5-11(15)12(16)8-10/h4-5,7-8,17H,3,6H2,1-2H3,(H,18,19). The second kappa shape index (κ2) is 7.11. The molecule has 21 heavy (non-hydrogen) atoms. The van der Waals surface area contributed by atoms with Crippen LogP contribution in [0.25, 0.3) is 0 Å². The maximum atomic E-state index is 8.01. The van der Waals surface area contributed by atoms with Crippen LogP contribution in [0, 0.1) is 12.3 Å². The second-order valence-corrected chi connectivity index (χ2v) is 6.49. The molecule has 1 aromatic heterocycles. The zero-order valence-electron chi connectivity index (χ0n) is 11.8. The van der Waals surface area contributed by atoms with Gasteiger partial charge in [-0.3, -0.25) is 10.4 Å². The lowest BCUT2D eigenvalue weighted by Gasteiger charge is -2.11. The number of aromatic nitrogens is 1.